The van der Waals surface area contributed by atoms with Crippen molar-refractivity contribution in [3.8, 4) is 0 Å². The molecule has 0 aliphatic rings. The van der Waals surface area contributed by atoms with E-state index in [1.807, 2.05) is 25.1 Å². The minimum absolute atomic E-state index is 0.899. The molecule has 2 aromatic heterocycles. The average Bonchev–Trinajstić information content (AvgIpc) is 2.72. The molecule has 1 aromatic carbocycles. The van der Waals surface area contributed by atoms with Crippen molar-refractivity contribution in [1.29, 1.82) is 0 Å². The highest BCUT2D eigenvalue weighted by atomic mass is 32.2. The summed E-state index contributed by atoms with van der Waals surface area (Å²) < 4.78 is 0. The lowest BCUT2D eigenvalue weighted by atomic mass is 10.4. The van der Waals surface area contributed by atoms with E-state index in [-0.39, 0.29) is 0 Å². The first kappa shape index (κ1) is 10.4. The Morgan fingerprint density at radius 2 is 1.94 bits per heavy atom. The van der Waals surface area contributed by atoms with Crippen LogP contribution in [0.1, 0.15) is 5.69 Å². The van der Waals surface area contributed by atoms with Crippen LogP contribution in [0.3, 0.4) is 0 Å². The van der Waals surface area contributed by atoms with Gasteiger partial charge in [-0.15, -0.1) is 0 Å². The zero-order chi connectivity index (χ0) is 11.7. The van der Waals surface area contributed by atoms with Gasteiger partial charge in [0.05, 0.1) is 5.39 Å². The highest BCUT2D eigenvalue weighted by molar-refractivity contribution is 7.99. The number of aryl methyl sites for hydroxylation is 1. The number of aromatic nitrogens is 3. The van der Waals surface area contributed by atoms with E-state index in [0.29, 0.717) is 0 Å². The Balaban J connectivity index is 2.06. The van der Waals surface area contributed by atoms with Crippen LogP contribution in [0.4, 0.5) is 0 Å². The maximum Gasteiger partial charge on any atom is 0.142 e. The van der Waals surface area contributed by atoms with Crippen LogP contribution >= 0.6 is 11.8 Å². The Morgan fingerprint density at radius 3 is 2.76 bits per heavy atom. The van der Waals surface area contributed by atoms with Gasteiger partial charge in [-0.2, -0.15) is 0 Å². The molecule has 0 radical (unpaired) electrons. The van der Waals surface area contributed by atoms with E-state index in [2.05, 4.69) is 33.2 Å². The van der Waals surface area contributed by atoms with E-state index in [9.17, 15) is 0 Å². The molecule has 0 aliphatic carbocycles. The van der Waals surface area contributed by atoms with Crippen LogP contribution in [0.25, 0.3) is 11.0 Å². The van der Waals surface area contributed by atoms with Crippen molar-refractivity contribution in [3.05, 3.63) is 48.4 Å². The first-order valence-electron chi connectivity index (χ1n) is 5.36. The lowest BCUT2D eigenvalue weighted by Gasteiger charge is -2.00. The molecule has 0 amide bonds. The van der Waals surface area contributed by atoms with Crippen molar-refractivity contribution < 1.29 is 0 Å². The summed E-state index contributed by atoms with van der Waals surface area (Å²) in [4.78, 5) is 13.0. The number of hydrogen-bond acceptors (Lipinski definition) is 3. The third-order valence-corrected chi connectivity index (χ3v) is 3.51. The summed E-state index contributed by atoms with van der Waals surface area (Å²) in [5, 5.41) is 2.07. The van der Waals surface area contributed by atoms with Gasteiger partial charge in [0, 0.05) is 10.6 Å². The van der Waals surface area contributed by atoms with Crippen LogP contribution in [-0.2, 0) is 0 Å². The average molecular weight is 241 g/mol. The second kappa shape index (κ2) is 4.22. The Kier molecular flexibility index (Phi) is 2.57. The van der Waals surface area contributed by atoms with E-state index in [1.54, 1.807) is 18.1 Å². The van der Waals surface area contributed by atoms with Gasteiger partial charge in [0.2, 0.25) is 0 Å². The van der Waals surface area contributed by atoms with E-state index >= 15 is 0 Å². The van der Waals surface area contributed by atoms with Gasteiger partial charge in [-0.05, 0) is 25.1 Å². The fourth-order valence-corrected chi connectivity index (χ4v) is 2.61. The summed E-state index contributed by atoms with van der Waals surface area (Å²) in [6, 6.07) is 12.3. The molecular formula is C13H11N3S. The van der Waals surface area contributed by atoms with E-state index < -0.39 is 0 Å². The predicted molar refractivity (Wildman–Crippen MR) is 69.2 cm³/mol. The van der Waals surface area contributed by atoms with Gasteiger partial charge < -0.3 is 4.98 Å². The minimum atomic E-state index is 0.899. The quantitative estimate of drug-likeness (QED) is 0.699. The van der Waals surface area contributed by atoms with Crippen LogP contribution in [0.5, 0.6) is 0 Å². The molecule has 84 valence electrons. The van der Waals surface area contributed by atoms with E-state index in [1.165, 1.54) is 4.90 Å². The van der Waals surface area contributed by atoms with Crippen molar-refractivity contribution in [3.63, 3.8) is 0 Å². The van der Waals surface area contributed by atoms with Gasteiger partial charge in [-0.1, -0.05) is 30.0 Å². The van der Waals surface area contributed by atoms with Gasteiger partial charge in [-0.25, -0.2) is 9.97 Å². The molecule has 4 heteroatoms. The van der Waals surface area contributed by atoms with Crippen molar-refractivity contribution in [1.82, 2.24) is 15.0 Å². The van der Waals surface area contributed by atoms with Gasteiger partial charge in [0.1, 0.15) is 17.0 Å². The number of hydrogen-bond donors (Lipinski definition) is 1. The lowest BCUT2D eigenvalue weighted by Crippen LogP contribution is -1.84. The minimum Gasteiger partial charge on any atom is -0.343 e. The van der Waals surface area contributed by atoms with E-state index in [0.717, 1.165) is 21.8 Å². The molecule has 0 bridgehead atoms. The highest BCUT2D eigenvalue weighted by Gasteiger charge is 2.07. The maximum absolute atomic E-state index is 4.35. The Bertz CT molecular complexity index is 646. The predicted octanol–water partition coefficient (Wildman–Crippen LogP) is 3.42. The van der Waals surface area contributed by atoms with Crippen LogP contribution in [0.15, 0.2) is 52.6 Å². The summed E-state index contributed by atoms with van der Waals surface area (Å²) in [5.74, 6) is 0. The molecule has 0 saturated carbocycles. The number of nitrogens with one attached hydrogen (secondary N) is 1. The second-order valence-corrected chi connectivity index (χ2v) is 4.87. The summed E-state index contributed by atoms with van der Waals surface area (Å²) in [5.41, 5.74) is 2.01. The standard InChI is InChI=1S/C13H11N3S/c1-9-7-11-12(16-9)14-8-15-13(11)17-10-5-3-2-4-6-10/h2-8H,1H3,(H,14,15,16). The molecule has 2 heterocycles. The van der Waals surface area contributed by atoms with Gasteiger partial charge in [-0.3, -0.25) is 0 Å². The normalized spacial score (nSPS) is 10.9. The molecule has 0 unspecified atom stereocenters. The molecule has 3 nitrogen and oxygen atoms in total. The highest BCUT2D eigenvalue weighted by Crippen LogP contribution is 2.30. The molecule has 0 saturated heterocycles. The summed E-state index contributed by atoms with van der Waals surface area (Å²) in [6.45, 7) is 2.03. The number of H-pyrrole nitrogens is 1. The molecule has 17 heavy (non-hydrogen) atoms. The summed E-state index contributed by atoms with van der Waals surface area (Å²) in [7, 11) is 0. The van der Waals surface area contributed by atoms with Crippen LogP contribution in [-0.4, -0.2) is 15.0 Å². The number of rotatable bonds is 2. The van der Waals surface area contributed by atoms with Gasteiger partial charge in [0.25, 0.3) is 0 Å². The molecule has 0 atom stereocenters. The molecule has 0 fully saturated rings. The smallest absolute Gasteiger partial charge is 0.142 e. The number of nitrogens with zero attached hydrogens (tertiary/aromatic N) is 2. The molecule has 3 aromatic rings. The lowest BCUT2D eigenvalue weighted by molar-refractivity contribution is 1.09. The third-order valence-electron chi connectivity index (χ3n) is 2.48. The number of fused-ring (bicyclic) bond motifs is 1. The van der Waals surface area contributed by atoms with Crippen molar-refractivity contribution in [2.24, 2.45) is 0 Å². The summed E-state index contributed by atoms with van der Waals surface area (Å²) in [6.07, 6.45) is 1.60. The fourth-order valence-electron chi connectivity index (χ4n) is 1.73. The van der Waals surface area contributed by atoms with E-state index in [4.69, 9.17) is 0 Å². The molecule has 3 rings (SSSR count). The maximum atomic E-state index is 4.35. The molecule has 0 spiro atoms. The first-order valence-corrected chi connectivity index (χ1v) is 6.18. The van der Waals surface area contributed by atoms with Crippen molar-refractivity contribution in [2.75, 3.05) is 0 Å². The van der Waals surface area contributed by atoms with Crippen LogP contribution in [0, 0.1) is 6.92 Å². The molecule has 0 aliphatic heterocycles. The van der Waals surface area contributed by atoms with Gasteiger partial charge >= 0.3 is 0 Å². The zero-order valence-corrected chi connectivity index (χ0v) is 10.2. The van der Waals surface area contributed by atoms with Crippen LogP contribution < -0.4 is 0 Å². The second-order valence-electron chi connectivity index (χ2n) is 3.81. The topological polar surface area (TPSA) is 41.6 Å². The Hall–Kier alpha value is -1.81. The summed E-state index contributed by atoms with van der Waals surface area (Å²) >= 11 is 1.66. The molecule has 1 N–H and O–H groups in total. The fraction of sp³-hybridized carbons (Fsp3) is 0.0769. The largest absolute Gasteiger partial charge is 0.343 e. The monoisotopic (exact) mass is 241 g/mol. The Morgan fingerprint density at radius 1 is 1.12 bits per heavy atom. The number of aromatic amines is 1. The molecular weight excluding hydrogens is 230 g/mol. The third kappa shape index (κ3) is 2.03. The Labute approximate surface area is 103 Å². The zero-order valence-electron chi connectivity index (χ0n) is 9.34. The van der Waals surface area contributed by atoms with Crippen molar-refractivity contribution >= 4 is 22.8 Å². The van der Waals surface area contributed by atoms with Gasteiger partial charge in [0.15, 0.2) is 0 Å². The first-order chi connectivity index (χ1) is 8.33. The number of benzene rings is 1. The van der Waals surface area contributed by atoms with Crippen molar-refractivity contribution in [2.45, 2.75) is 16.8 Å². The van der Waals surface area contributed by atoms with Crippen LogP contribution in [0.2, 0.25) is 0 Å². The SMILES string of the molecule is Cc1cc2c(Sc3ccccc3)ncnc2[nH]1.